The molecule has 2 rings (SSSR count). The summed E-state index contributed by atoms with van der Waals surface area (Å²) in [5.74, 6) is 0.655. The molecule has 0 spiro atoms. The van der Waals surface area contributed by atoms with E-state index in [4.69, 9.17) is 9.84 Å². The van der Waals surface area contributed by atoms with Crippen molar-refractivity contribution in [2.24, 2.45) is 0 Å². The molecule has 1 amide bonds. The van der Waals surface area contributed by atoms with Gasteiger partial charge in [-0.3, -0.25) is 4.79 Å². The maximum absolute atomic E-state index is 11.8. The van der Waals surface area contributed by atoms with Crippen LogP contribution in [-0.4, -0.2) is 37.3 Å². The average Bonchev–Trinajstić information content (AvgIpc) is 2.57. The topological polar surface area (TPSA) is 70.6 Å². The lowest BCUT2D eigenvalue weighted by atomic mass is 10.2. The molecule has 0 atom stereocenters. The highest BCUT2D eigenvalue weighted by molar-refractivity contribution is 5.95. The number of carbonyl (C=O) groups is 1. The van der Waals surface area contributed by atoms with Crippen LogP contribution in [0.1, 0.15) is 15.9 Å². The second-order valence-corrected chi connectivity index (χ2v) is 5.15. The van der Waals surface area contributed by atoms with Crippen molar-refractivity contribution in [3.8, 4) is 5.75 Å². The quantitative estimate of drug-likeness (QED) is 0.653. The molecule has 23 heavy (non-hydrogen) atoms. The molecule has 0 radical (unpaired) electrons. The molecular formula is C18H22N2O3. The second-order valence-electron chi connectivity index (χ2n) is 5.15. The fourth-order valence-corrected chi connectivity index (χ4v) is 2.11. The average molecular weight is 314 g/mol. The smallest absolute Gasteiger partial charge is 0.251 e. The molecule has 0 aliphatic carbocycles. The van der Waals surface area contributed by atoms with Crippen LogP contribution in [0.25, 0.3) is 0 Å². The molecule has 0 fully saturated rings. The Labute approximate surface area is 136 Å². The number of ether oxygens (including phenoxy) is 1. The molecule has 122 valence electrons. The van der Waals surface area contributed by atoms with Crippen molar-refractivity contribution < 1.29 is 14.6 Å². The molecule has 0 heterocycles. The summed E-state index contributed by atoms with van der Waals surface area (Å²) in [4.78, 5) is 11.8. The molecule has 0 bridgehead atoms. The number of aliphatic hydroxyl groups excluding tert-OH is 1. The lowest BCUT2D eigenvalue weighted by Gasteiger charge is -2.10. The van der Waals surface area contributed by atoms with E-state index in [0.29, 0.717) is 18.7 Å². The van der Waals surface area contributed by atoms with E-state index in [2.05, 4.69) is 10.6 Å². The molecule has 5 heteroatoms. The summed E-state index contributed by atoms with van der Waals surface area (Å²) in [5.41, 5.74) is 2.58. The van der Waals surface area contributed by atoms with Gasteiger partial charge in [0, 0.05) is 24.3 Å². The number of amides is 1. The van der Waals surface area contributed by atoms with Gasteiger partial charge in [0.05, 0.1) is 6.61 Å². The van der Waals surface area contributed by atoms with E-state index in [0.717, 1.165) is 17.0 Å². The minimum Gasteiger partial charge on any atom is -0.492 e. The molecule has 0 aliphatic rings. The van der Waals surface area contributed by atoms with E-state index < -0.39 is 0 Å². The number of nitrogens with one attached hydrogen (secondary N) is 2. The highest BCUT2D eigenvalue weighted by atomic mass is 16.5. The normalized spacial score (nSPS) is 10.2. The predicted molar refractivity (Wildman–Crippen MR) is 91.0 cm³/mol. The predicted octanol–water partition coefficient (Wildman–Crippen LogP) is 2.21. The van der Waals surface area contributed by atoms with Crippen LogP contribution in [-0.2, 0) is 0 Å². The Hall–Kier alpha value is -2.53. The first-order chi connectivity index (χ1) is 11.2. The minimum absolute atomic E-state index is 0.0695. The Morgan fingerprint density at radius 2 is 1.96 bits per heavy atom. The van der Waals surface area contributed by atoms with Gasteiger partial charge in [0.15, 0.2) is 0 Å². The molecule has 3 N–H and O–H groups in total. The van der Waals surface area contributed by atoms with Crippen LogP contribution < -0.4 is 15.4 Å². The van der Waals surface area contributed by atoms with Gasteiger partial charge in [-0.2, -0.15) is 0 Å². The summed E-state index contributed by atoms with van der Waals surface area (Å²) in [7, 11) is 0. The Kier molecular flexibility index (Phi) is 6.44. The largest absolute Gasteiger partial charge is 0.492 e. The van der Waals surface area contributed by atoms with Crippen LogP contribution >= 0.6 is 0 Å². The van der Waals surface area contributed by atoms with Gasteiger partial charge in [-0.05, 0) is 42.8 Å². The SMILES string of the molecule is Cc1cccc(OCCNc2cccc(C(=O)NCCO)c2)c1. The van der Waals surface area contributed by atoms with E-state index in [9.17, 15) is 4.79 Å². The Morgan fingerprint density at radius 1 is 1.13 bits per heavy atom. The monoisotopic (exact) mass is 314 g/mol. The summed E-state index contributed by atoms with van der Waals surface area (Å²) in [5, 5.41) is 14.6. The van der Waals surface area contributed by atoms with Crippen molar-refractivity contribution >= 4 is 11.6 Å². The highest BCUT2D eigenvalue weighted by Gasteiger charge is 2.05. The number of benzene rings is 2. The van der Waals surface area contributed by atoms with Gasteiger partial charge in [-0.1, -0.05) is 18.2 Å². The van der Waals surface area contributed by atoms with E-state index in [1.165, 1.54) is 0 Å². The van der Waals surface area contributed by atoms with E-state index >= 15 is 0 Å². The number of aryl methyl sites for hydroxylation is 1. The Balaban J connectivity index is 1.80. The van der Waals surface area contributed by atoms with Gasteiger partial charge >= 0.3 is 0 Å². The van der Waals surface area contributed by atoms with Crippen LogP contribution in [0.5, 0.6) is 5.75 Å². The van der Waals surface area contributed by atoms with E-state index in [1.54, 1.807) is 12.1 Å². The lowest BCUT2D eigenvalue weighted by Crippen LogP contribution is -2.26. The first kappa shape index (κ1) is 16.8. The summed E-state index contributed by atoms with van der Waals surface area (Å²) in [6.07, 6.45) is 0. The minimum atomic E-state index is -0.196. The number of rotatable bonds is 8. The maximum Gasteiger partial charge on any atom is 0.251 e. The number of aliphatic hydroxyl groups is 1. The van der Waals surface area contributed by atoms with Crippen molar-refractivity contribution in [2.75, 3.05) is 31.6 Å². The highest BCUT2D eigenvalue weighted by Crippen LogP contribution is 2.13. The molecule has 0 unspecified atom stereocenters. The molecule has 2 aromatic rings. The fraction of sp³-hybridized carbons (Fsp3) is 0.278. The van der Waals surface area contributed by atoms with Crippen LogP contribution in [0.3, 0.4) is 0 Å². The zero-order valence-electron chi connectivity index (χ0n) is 13.2. The van der Waals surface area contributed by atoms with Crippen LogP contribution in [0, 0.1) is 6.92 Å². The zero-order valence-corrected chi connectivity index (χ0v) is 13.2. The number of anilines is 1. The first-order valence-electron chi connectivity index (χ1n) is 7.61. The number of hydrogen-bond acceptors (Lipinski definition) is 4. The van der Waals surface area contributed by atoms with Crippen molar-refractivity contribution in [1.29, 1.82) is 0 Å². The fourth-order valence-electron chi connectivity index (χ4n) is 2.11. The van der Waals surface area contributed by atoms with Crippen LogP contribution in [0.2, 0.25) is 0 Å². The van der Waals surface area contributed by atoms with Crippen molar-refractivity contribution in [3.63, 3.8) is 0 Å². The third kappa shape index (κ3) is 5.64. The summed E-state index contributed by atoms with van der Waals surface area (Å²) in [6.45, 7) is 3.37. The second kappa shape index (κ2) is 8.80. The molecule has 5 nitrogen and oxygen atoms in total. The lowest BCUT2D eigenvalue weighted by molar-refractivity contribution is 0.0945. The molecule has 0 saturated carbocycles. The zero-order chi connectivity index (χ0) is 16.5. The van der Waals surface area contributed by atoms with Crippen molar-refractivity contribution in [3.05, 3.63) is 59.7 Å². The van der Waals surface area contributed by atoms with Gasteiger partial charge in [0.2, 0.25) is 0 Å². The summed E-state index contributed by atoms with van der Waals surface area (Å²) in [6, 6.07) is 15.1. The Bertz CT molecular complexity index is 644. The van der Waals surface area contributed by atoms with Gasteiger partial charge in [-0.25, -0.2) is 0 Å². The standard InChI is InChI=1S/C18H22N2O3/c1-14-4-2-7-17(12-14)23-11-9-19-16-6-3-5-15(13-16)18(22)20-8-10-21/h2-7,12-13,19,21H,8-11H2,1H3,(H,20,22). The maximum atomic E-state index is 11.8. The van der Waals surface area contributed by atoms with E-state index in [-0.39, 0.29) is 19.1 Å². The van der Waals surface area contributed by atoms with E-state index in [1.807, 2.05) is 43.3 Å². The first-order valence-corrected chi connectivity index (χ1v) is 7.61. The van der Waals surface area contributed by atoms with Gasteiger partial charge in [0.25, 0.3) is 5.91 Å². The van der Waals surface area contributed by atoms with Gasteiger partial charge in [0.1, 0.15) is 12.4 Å². The van der Waals surface area contributed by atoms with Crippen molar-refractivity contribution in [1.82, 2.24) is 5.32 Å². The summed E-state index contributed by atoms with van der Waals surface area (Å²) < 4.78 is 5.67. The molecule has 0 aromatic heterocycles. The number of hydrogen-bond donors (Lipinski definition) is 3. The van der Waals surface area contributed by atoms with Gasteiger partial charge < -0.3 is 20.5 Å². The number of carbonyl (C=O) groups excluding carboxylic acids is 1. The third-order valence-electron chi connectivity index (χ3n) is 3.21. The Morgan fingerprint density at radius 3 is 2.74 bits per heavy atom. The third-order valence-corrected chi connectivity index (χ3v) is 3.21. The van der Waals surface area contributed by atoms with Crippen LogP contribution in [0.15, 0.2) is 48.5 Å². The molecule has 2 aromatic carbocycles. The molecule has 0 aliphatic heterocycles. The van der Waals surface area contributed by atoms with Crippen molar-refractivity contribution in [2.45, 2.75) is 6.92 Å². The summed E-state index contributed by atoms with van der Waals surface area (Å²) >= 11 is 0. The molecule has 0 saturated heterocycles. The van der Waals surface area contributed by atoms with Crippen LogP contribution in [0.4, 0.5) is 5.69 Å². The molecular weight excluding hydrogens is 292 g/mol. The van der Waals surface area contributed by atoms with Gasteiger partial charge in [-0.15, -0.1) is 0 Å².